The maximum absolute atomic E-state index is 13.7. The van der Waals surface area contributed by atoms with E-state index in [4.69, 9.17) is 0 Å². The lowest BCUT2D eigenvalue weighted by Crippen LogP contribution is -2.40. The van der Waals surface area contributed by atoms with Gasteiger partial charge in [-0.1, -0.05) is 50.2 Å². The maximum atomic E-state index is 13.7. The molecule has 1 aromatic heterocycles. The largest absolute Gasteiger partial charge is 0.329 e. The monoisotopic (exact) mass is 488 g/mol. The number of rotatable bonds is 8. The molecule has 0 saturated carbocycles. The predicted octanol–water partition coefficient (Wildman–Crippen LogP) is 5.55. The average Bonchev–Trinajstić information content (AvgIpc) is 3.27. The lowest BCUT2D eigenvalue weighted by Gasteiger charge is -2.24. The molecule has 184 valence electrons. The van der Waals surface area contributed by atoms with Crippen molar-refractivity contribution in [3.8, 4) is 16.9 Å². The quantitative estimate of drug-likeness (QED) is 0.353. The zero-order valence-electron chi connectivity index (χ0n) is 20.0. The van der Waals surface area contributed by atoms with E-state index in [1.165, 1.54) is 39.9 Å². The molecule has 2 amide bonds. The van der Waals surface area contributed by atoms with Gasteiger partial charge in [0.25, 0.3) is 5.91 Å². The second-order valence-electron chi connectivity index (χ2n) is 8.81. The molecule has 36 heavy (non-hydrogen) atoms. The van der Waals surface area contributed by atoms with Crippen molar-refractivity contribution in [2.24, 2.45) is 5.92 Å². The Morgan fingerprint density at radius 2 is 1.64 bits per heavy atom. The van der Waals surface area contributed by atoms with Gasteiger partial charge >= 0.3 is 0 Å². The van der Waals surface area contributed by atoms with E-state index in [0.717, 1.165) is 11.6 Å². The number of carbonyl (C=O) groups is 2. The predicted molar refractivity (Wildman–Crippen MR) is 135 cm³/mol. The molecule has 6 nitrogen and oxygen atoms in total. The third-order valence-corrected chi connectivity index (χ3v) is 5.40. The first-order valence-electron chi connectivity index (χ1n) is 11.6. The van der Waals surface area contributed by atoms with E-state index < -0.39 is 17.6 Å². The summed E-state index contributed by atoms with van der Waals surface area (Å²) in [5.41, 5.74) is 2.19. The van der Waals surface area contributed by atoms with Gasteiger partial charge in [0.05, 0.1) is 11.4 Å². The van der Waals surface area contributed by atoms with Crippen LogP contribution in [0.1, 0.15) is 24.2 Å². The van der Waals surface area contributed by atoms with Crippen LogP contribution in [-0.2, 0) is 4.79 Å². The molecule has 0 aliphatic heterocycles. The first-order chi connectivity index (χ1) is 17.3. The highest BCUT2D eigenvalue weighted by molar-refractivity contribution is 5.99. The first-order valence-corrected chi connectivity index (χ1v) is 11.6. The molecule has 0 aliphatic carbocycles. The van der Waals surface area contributed by atoms with E-state index in [9.17, 15) is 18.4 Å². The summed E-state index contributed by atoms with van der Waals surface area (Å²) < 4.78 is 28.7. The fourth-order valence-corrected chi connectivity index (χ4v) is 3.82. The maximum Gasteiger partial charge on any atom is 0.254 e. The number of amides is 2. The summed E-state index contributed by atoms with van der Waals surface area (Å²) in [4.78, 5) is 27.6. The van der Waals surface area contributed by atoms with E-state index in [1.54, 1.807) is 18.2 Å². The lowest BCUT2D eigenvalue weighted by molar-refractivity contribution is -0.117. The number of nitrogens with zero attached hydrogens (tertiary/aromatic N) is 3. The Morgan fingerprint density at radius 1 is 0.917 bits per heavy atom. The number of hydrogen-bond donors (Lipinski definition) is 1. The smallest absolute Gasteiger partial charge is 0.254 e. The minimum atomic E-state index is -0.522. The van der Waals surface area contributed by atoms with Gasteiger partial charge in [-0.05, 0) is 48.4 Å². The molecule has 0 saturated heterocycles. The fourth-order valence-electron chi connectivity index (χ4n) is 3.82. The molecule has 3 aromatic carbocycles. The number of benzene rings is 3. The van der Waals surface area contributed by atoms with Crippen molar-refractivity contribution >= 4 is 17.6 Å². The molecule has 8 heteroatoms. The Labute approximate surface area is 208 Å². The third kappa shape index (κ3) is 6.02. The molecular weight excluding hydrogens is 462 g/mol. The highest BCUT2D eigenvalue weighted by atomic mass is 19.1. The number of halogens is 2. The van der Waals surface area contributed by atoms with Gasteiger partial charge in [0, 0.05) is 23.7 Å². The van der Waals surface area contributed by atoms with Crippen molar-refractivity contribution in [3.05, 3.63) is 102 Å². The van der Waals surface area contributed by atoms with Gasteiger partial charge in [-0.3, -0.25) is 9.59 Å². The van der Waals surface area contributed by atoms with Crippen LogP contribution in [0.4, 0.5) is 14.6 Å². The van der Waals surface area contributed by atoms with E-state index in [1.807, 2.05) is 44.2 Å². The van der Waals surface area contributed by atoms with Crippen LogP contribution in [0.3, 0.4) is 0 Å². The van der Waals surface area contributed by atoms with Gasteiger partial charge in [0.2, 0.25) is 5.91 Å². The van der Waals surface area contributed by atoms with Gasteiger partial charge in [0.15, 0.2) is 0 Å². The zero-order chi connectivity index (χ0) is 25.7. The Bertz CT molecular complexity index is 1350. The Kier molecular flexibility index (Phi) is 7.53. The minimum Gasteiger partial charge on any atom is -0.329 e. The van der Waals surface area contributed by atoms with Crippen LogP contribution in [0, 0.1) is 17.6 Å². The summed E-state index contributed by atoms with van der Waals surface area (Å²) in [5.74, 6) is -1.33. The first kappa shape index (κ1) is 24.8. The molecule has 4 rings (SSSR count). The van der Waals surface area contributed by atoms with E-state index in [2.05, 4.69) is 10.4 Å². The van der Waals surface area contributed by atoms with Gasteiger partial charge in [-0.15, -0.1) is 0 Å². The molecule has 0 aliphatic rings. The van der Waals surface area contributed by atoms with Crippen molar-refractivity contribution in [1.82, 2.24) is 14.7 Å². The summed E-state index contributed by atoms with van der Waals surface area (Å²) in [7, 11) is 0. The Morgan fingerprint density at radius 3 is 2.31 bits per heavy atom. The molecule has 4 aromatic rings. The highest BCUT2D eigenvalue weighted by Crippen LogP contribution is 2.25. The molecule has 0 atom stereocenters. The molecule has 1 heterocycles. The number of hydrogen-bond acceptors (Lipinski definition) is 3. The van der Waals surface area contributed by atoms with Crippen LogP contribution in [-0.4, -0.2) is 39.6 Å². The number of nitrogens with one attached hydrogen (secondary N) is 1. The van der Waals surface area contributed by atoms with E-state index in [-0.39, 0.29) is 23.8 Å². The summed E-state index contributed by atoms with van der Waals surface area (Å²) in [6.45, 7) is 3.94. The number of aromatic nitrogens is 2. The van der Waals surface area contributed by atoms with Crippen LogP contribution in [0.5, 0.6) is 0 Å². The van der Waals surface area contributed by atoms with Crippen LogP contribution in [0.25, 0.3) is 16.9 Å². The minimum absolute atomic E-state index is 0.0877. The second kappa shape index (κ2) is 10.9. The summed E-state index contributed by atoms with van der Waals surface area (Å²) in [5, 5.41) is 7.45. The van der Waals surface area contributed by atoms with Crippen molar-refractivity contribution in [3.63, 3.8) is 0 Å². The molecule has 0 spiro atoms. The van der Waals surface area contributed by atoms with Crippen LogP contribution in [0.2, 0.25) is 0 Å². The van der Waals surface area contributed by atoms with E-state index >= 15 is 0 Å². The van der Waals surface area contributed by atoms with Gasteiger partial charge < -0.3 is 10.2 Å². The Hall–Kier alpha value is -4.33. The number of anilines is 1. The summed E-state index contributed by atoms with van der Waals surface area (Å²) >= 11 is 0. The van der Waals surface area contributed by atoms with Gasteiger partial charge in [-0.2, -0.15) is 5.10 Å². The normalized spacial score (nSPS) is 10.9. The SMILES string of the molecule is CC(C)CN(CC(=O)Nc1cc(-c2ccccc2)nn1-c1ccc(F)cc1)C(=O)c1cccc(F)c1. The molecular formula is C28H26F2N4O2. The van der Waals surface area contributed by atoms with Crippen molar-refractivity contribution in [2.75, 3.05) is 18.4 Å². The molecule has 0 radical (unpaired) electrons. The zero-order valence-corrected chi connectivity index (χ0v) is 20.0. The summed E-state index contributed by atoms with van der Waals surface area (Å²) in [6.07, 6.45) is 0. The average molecular weight is 489 g/mol. The van der Waals surface area contributed by atoms with Crippen molar-refractivity contribution in [1.29, 1.82) is 0 Å². The fraction of sp³-hybridized carbons (Fsp3) is 0.179. The number of carbonyl (C=O) groups excluding carboxylic acids is 2. The highest BCUT2D eigenvalue weighted by Gasteiger charge is 2.22. The molecule has 0 bridgehead atoms. The lowest BCUT2D eigenvalue weighted by atomic mass is 10.1. The van der Waals surface area contributed by atoms with Gasteiger partial charge in [-0.25, -0.2) is 13.5 Å². The molecule has 0 unspecified atom stereocenters. The van der Waals surface area contributed by atoms with Crippen molar-refractivity contribution in [2.45, 2.75) is 13.8 Å². The molecule has 1 N–H and O–H groups in total. The van der Waals surface area contributed by atoms with Gasteiger partial charge in [0.1, 0.15) is 24.0 Å². The topological polar surface area (TPSA) is 67.2 Å². The second-order valence-corrected chi connectivity index (χ2v) is 8.81. The van der Waals surface area contributed by atoms with Crippen LogP contribution < -0.4 is 5.32 Å². The van der Waals surface area contributed by atoms with Crippen LogP contribution >= 0.6 is 0 Å². The summed E-state index contributed by atoms with van der Waals surface area (Å²) in [6, 6.07) is 22.3. The van der Waals surface area contributed by atoms with Crippen LogP contribution in [0.15, 0.2) is 84.9 Å². The Balaban J connectivity index is 1.61. The third-order valence-electron chi connectivity index (χ3n) is 5.40. The van der Waals surface area contributed by atoms with E-state index in [0.29, 0.717) is 23.7 Å². The molecule has 0 fully saturated rings. The standard InChI is InChI=1S/C28H26F2N4O2/c1-19(2)17-33(28(36)21-9-6-10-23(30)15-21)18-27(35)31-26-16-25(20-7-4-3-5-8-20)32-34(26)24-13-11-22(29)12-14-24/h3-16,19H,17-18H2,1-2H3,(H,31,35). The van der Waals surface area contributed by atoms with Crippen molar-refractivity contribution < 1.29 is 18.4 Å².